The number of methoxy groups -OCH3 is 1. The first kappa shape index (κ1) is 17.9. The highest BCUT2D eigenvalue weighted by Crippen LogP contribution is 2.22. The van der Waals surface area contributed by atoms with E-state index in [0.717, 1.165) is 22.1 Å². The molecule has 2 aromatic rings. The number of fused-ring (bicyclic) bond motifs is 1. The minimum absolute atomic E-state index is 0.199. The van der Waals surface area contributed by atoms with Crippen LogP contribution < -0.4 is 4.74 Å². The van der Waals surface area contributed by atoms with E-state index in [9.17, 15) is 9.59 Å². The molecule has 0 aliphatic carbocycles. The molecule has 1 fully saturated rings. The first-order valence-electron chi connectivity index (χ1n) is 8.44. The van der Waals surface area contributed by atoms with Crippen LogP contribution in [0.4, 0.5) is 0 Å². The lowest BCUT2D eigenvalue weighted by Gasteiger charge is -2.26. The summed E-state index contributed by atoms with van der Waals surface area (Å²) in [6.45, 7) is 1.86. The Bertz CT molecular complexity index is 824. The summed E-state index contributed by atoms with van der Waals surface area (Å²) in [7, 11) is 1.63. The van der Waals surface area contributed by atoms with Crippen LogP contribution in [0.1, 0.15) is 5.56 Å². The zero-order chi connectivity index (χ0) is 18.4. The van der Waals surface area contributed by atoms with Gasteiger partial charge in [-0.25, -0.2) is 4.79 Å². The Morgan fingerprint density at radius 3 is 2.62 bits per heavy atom. The number of hydrogen-bond donors (Lipinski definition) is 0. The van der Waals surface area contributed by atoms with Gasteiger partial charge in [-0.2, -0.15) is 0 Å². The van der Waals surface area contributed by atoms with Crippen LogP contribution in [-0.4, -0.2) is 56.8 Å². The number of amides is 1. The smallest absolute Gasteiger partial charge is 0.331 e. The Kier molecular flexibility index (Phi) is 5.86. The molecule has 0 bridgehead atoms. The minimum Gasteiger partial charge on any atom is -0.497 e. The molecule has 3 rings (SSSR count). The lowest BCUT2D eigenvalue weighted by molar-refractivity contribution is -0.150. The van der Waals surface area contributed by atoms with Gasteiger partial charge in [-0.15, -0.1) is 0 Å². The molecule has 0 unspecified atom stereocenters. The van der Waals surface area contributed by atoms with Gasteiger partial charge in [0.2, 0.25) is 0 Å². The molecule has 1 heterocycles. The summed E-state index contributed by atoms with van der Waals surface area (Å²) in [5.41, 5.74) is 0.874. The molecule has 1 amide bonds. The summed E-state index contributed by atoms with van der Waals surface area (Å²) in [5.74, 6) is 0.0606. The van der Waals surface area contributed by atoms with E-state index in [1.807, 2.05) is 36.4 Å². The maximum absolute atomic E-state index is 11.9. The molecule has 0 aromatic heterocycles. The Labute approximate surface area is 151 Å². The van der Waals surface area contributed by atoms with Crippen LogP contribution in [0.25, 0.3) is 16.8 Å². The van der Waals surface area contributed by atoms with Crippen molar-refractivity contribution in [2.45, 2.75) is 0 Å². The molecule has 0 saturated carbocycles. The predicted molar refractivity (Wildman–Crippen MR) is 97.9 cm³/mol. The number of morpholine rings is 1. The number of esters is 1. The van der Waals surface area contributed by atoms with E-state index in [0.29, 0.717) is 26.3 Å². The topological polar surface area (TPSA) is 65.1 Å². The maximum Gasteiger partial charge on any atom is 0.331 e. The third-order valence-corrected chi connectivity index (χ3v) is 4.19. The molecule has 2 aromatic carbocycles. The van der Waals surface area contributed by atoms with Crippen LogP contribution >= 0.6 is 0 Å². The van der Waals surface area contributed by atoms with E-state index >= 15 is 0 Å². The van der Waals surface area contributed by atoms with Gasteiger partial charge >= 0.3 is 5.97 Å². The number of rotatable bonds is 5. The second-order valence-electron chi connectivity index (χ2n) is 5.91. The van der Waals surface area contributed by atoms with Crippen molar-refractivity contribution in [1.29, 1.82) is 0 Å². The summed E-state index contributed by atoms with van der Waals surface area (Å²) in [5, 5.41) is 2.10. The summed E-state index contributed by atoms with van der Waals surface area (Å²) in [4.78, 5) is 25.4. The second-order valence-corrected chi connectivity index (χ2v) is 5.91. The SMILES string of the molecule is COc1ccc2cc(/C=C/C(=O)OCC(=O)N3CCOCC3)ccc2c1. The molecule has 1 saturated heterocycles. The van der Waals surface area contributed by atoms with Gasteiger partial charge in [0.05, 0.1) is 20.3 Å². The third kappa shape index (κ3) is 4.61. The van der Waals surface area contributed by atoms with Gasteiger partial charge in [-0.1, -0.05) is 18.2 Å². The maximum atomic E-state index is 11.9. The van der Waals surface area contributed by atoms with Crippen molar-refractivity contribution in [1.82, 2.24) is 4.90 Å². The highest BCUT2D eigenvalue weighted by molar-refractivity contribution is 5.91. The number of ether oxygens (including phenoxy) is 3. The number of carbonyl (C=O) groups is 2. The van der Waals surface area contributed by atoms with Crippen molar-refractivity contribution < 1.29 is 23.8 Å². The number of carbonyl (C=O) groups excluding carboxylic acids is 2. The number of hydrogen-bond acceptors (Lipinski definition) is 5. The Hall–Kier alpha value is -2.86. The Balaban J connectivity index is 1.55. The van der Waals surface area contributed by atoms with Gasteiger partial charge in [0.1, 0.15) is 5.75 Å². The number of nitrogens with zero attached hydrogens (tertiary/aromatic N) is 1. The summed E-state index contributed by atoms with van der Waals surface area (Å²) in [6.07, 6.45) is 3.00. The van der Waals surface area contributed by atoms with Gasteiger partial charge in [0.25, 0.3) is 5.91 Å². The van der Waals surface area contributed by atoms with Gasteiger partial charge < -0.3 is 19.1 Å². The molecule has 136 valence electrons. The molecular formula is C20H21NO5. The Morgan fingerprint density at radius 2 is 1.85 bits per heavy atom. The minimum atomic E-state index is -0.540. The molecule has 1 aliphatic rings. The third-order valence-electron chi connectivity index (χ3n) is 4.19. The van der Waals surface area contributed by atoms with Crippen LogP contribution in [0.2, 0.25) is 0 Å². The second kappa shape index (κ2) is 8.49. The van der Waals surface area contributed by atoms with Crippen LogP contribution in [0.15, 0.2) is 42.5 Å². The standard InChI is InChI=1S/C20H21NO5/c1-24-18-6-5-16-12-15(2-4-17(16)13-18)3-7-20(23)26-14-19(22)21-8-10-25-11-9-21/h2-7,12-13H,8-11,14H2,1H3/b7-3+. The van der Waals surface area contributed by atoms with E-state index in [1.165, 1.54) is 6.08 Å². The van der Waals surface area contributed by atoms with E-state index < -0.39 is 5.97 Å². The van der Waals surface area contributed by atoms with E-state index in [2.05, 4.69) is 0 Å². The Morgan fingerprint density at radius 1 is 1.12 bits per heavy atom. The van der Waals surface area contributed by atoms with E-state index in [1.54, 1.807) is 18.1 Å². The van der Waals surface area contributed by atoms with Crippen LogP contribution in [0.3, 0.4) is 0 Å². The fourth-order valence-electron chi connectivity index (χ4n) is 2.72. The summed E-state index contributed by atoms with van der Waals surface area (Å²) >= 11 is 0. The molecule has 26 heavy (non-hydrogen) atoms. The van der Waals surface area contributed by atoms with Gasteiger partial charge in [0, 0.05) is 19.2 Å². The monoisotopic (exact) mass is 355 g/mol. The largest absolute Gasteiger partial charge is 0.497 e. The zero-order valence-corrected chi connectivity index (χ0v) is 14.6. The molecule has 0 spiro atoms. The normalized spacial score (nSPS) is 14.6. The van der Waals surface area contributed by atoms with Crippen molar-refractivity contribution in [2.75, 3.05) is 40.0 Å². The van der Waals surface area contributed by atoms with Crippen molar-refractivity contribution in [3.05, 3.63) is 48.0 Å². The first-order valence-corrected chi connectivity index (χ1v) is 8.44. The van der Waals surface area contributed by atoms with Crippen LogP contribution in [0.5, 0.6) is 5.75 Å². The highest BCUT2D eigenvalue weighted by Gasteiger charge is 2.17. The van der Waals surface area contributed by atoms with E-state index in [4.69, 9.17) is 14.2 Å². The van der Waals surface area contributed by atoms with Crippen molar-refractivity contribution in [2.24, 2.45) is 0 Å². The molecule has 0 atom stereocenters. The molecule has 0 radical (unpaired) electrons. The average Bonchev–Trinajstić information content (AvgIpc) is 2.70. The lowest BCUT2D eigenvalue weighted by atomic mass is 10.1. The fraction of sp³-hybridized carbons (Fsp3) is 0.300. The average molecular weight is 355 g/mol. The van der Waals surface area contributed by atoms with Crippen LogP contribution in [0, 0.1) is 0 Å². The summed E-state index contributed by atoms with van der Waals surface area (Å²) in [6, 6.07) is 11.6. The molecule has 6 nitrogen and oxygen atoms in total. The highest BCUT2D eigenvalue weighted by atomic mass is 16.5. The molecule has 6 heteroatoms. The quantitative estimate of drug-likeness (QED) is 0.608. The van der Waals surface area contributed by atoms with Crippen molar-refractivity contribution in [3.63, 3.8) is 0 Å². The predicted octanol–water partition coefficient (Wildman–Crippen LogP) is 2.26. The van der Waals surface area contributed by atoms with Gasteiger partial charge in [0.15, 0.2) is 6.61 Å². The fourth-order valence-corrected chi connectivity index (χ4v) is 2.72. The van der Waals surface area contributed by atoms with Crippen molar-refractivity contribution >= 4 is 28.7 Å². The van der Waals surface area contributed by atoms with Crippen LogP contribution in [-0.2, 0) is 19.1 Å². The first-order chi connectivity index (χ1) is 12.7. The number of benzene rings is 2. The van der Waals surface area contributed by atoms with Gasteiger partial charge in [-0.05, 0) is 40.6 Å². The molecule has 1 aliphatic heterocycles. The molecular weight excluding hydrogens is 334 g/mol. The lowest BCUT2D eigenvalue weighted by Crippen LogP contribution is -2.42. The summed E-state index contributed by atoms with van der Waals surface area (Å²) < 4.78 is 15.4. The van der Waals surface area contributed by atoms with Gasteiger partial charge in [-0.3, -0.25) is 4.79 Å². The zero-order valence-electron chi connectivity index (χ0n) is 14.6. The van der Waals surface area contributed by atoms with E-state index in [-0.39, 0.29) is 12.5 Å². The molecule has 0 N–H and O–H groups in total. The van der Waals surface area contributed by atoms with Crippen molar-refractivity contribution in [3.8, 4) is 5.75 Å².